The van der Waals surface area contributed by atoms with Crippen LogP contribution in [0.4, 0.5) is 5.69 Å². The second-order valence-corrected chi connectivity index (χ2v) is 5.16. The number of benzene rings is 1. The van der Waals surface area contributed by atoms with Crippen LogP contribution >= 0.6 is 0 Å². The predicted molar refractivity (Wildman–Crippen MR) is 84.5 cm³/mol. The van der Waals surface area contributed by atoms with Crippen molar-refractivity contribution < 1.29 is 14.0 Å². The van der Waals surface area contributed by atoms with Gasteiger partial charge in [-0.3, -0.25) is 14.6 Å². The van der Waals surface area contributed by atoms with Crippen LogP contribution in [0.25, 0.3) is 0 Å². The molecule has 3 rings (SSSR count). The summed E-state index contributed by atoms with van der Waals surface area (Å²) in [4.78, 5) is 23.9. The lowest BCUT2D eigenvalue weighted by Gasteiger charge is -2.20. The molecule has 1 aromatic heterocycles. The molecule has 0 bridgehead atoms. The Morgan fingerprint density at radius 2 is 2.09 bits per heavy atom. The van der Waals surface area contributed by atoms with Gasteiger partial charge in [-0.15, -0.1) is 0 Å². The molecule has 0 saturated carbocycles. The van der Waals surface area contributed by atoms with Gasteiger partial charge in [0.05, 0.1) is 18.2 Å². The zero-order valence-corrected chi connectivity index (χ0v) is 12.3. The Morgan fingerprint density at radius 3 is 2.74 bits per heavy atom. The third-order valence-electron chi connectivity index (χ3n) is 3.55. The van der Waals surface area contributed by atoms with E-state index in [-0.39, 0.29) is 18.0 Å². The Kier molecular flexibility index (Phi) is 4.09. The smallest absolute Gasteiger partial charge is 0.267 e. The van der Waals surface area contributed by atoms with E-state index in [0.717, 1.165) is 5.56 Å². The van der Waals surface area contributed by atoms with Crippen molar-refractivity contribution in [2.75, 3.05) is 5.01 Å². The highest BCUT2D eigenvalue weighted by Gasteiger charge is 2.34. The van der Waals surface area contributed by atoms with Crippen molar-refractivity contribution in [1.29, 1.82) is 0 Å². The molecule has 1 aromatic carbocycles. The van der Waals surface area contributed by atoms with E-state index in [4.69, 9.17) is 10.2 Å². The Labute approximate surface area is 132 Å². The van der Waals surface area contributed by atoms with Crippen LogP contribution in [0.2, 0.25) is 0 Å². The van der Waals surface area contributed by atoms with E-state index >= 15 is 0 Å². The van der Waals surface area contributed by atoms with Gasteiger partial charge in [0.25, 0.3) is 5.91 Å². The molecule has 1 aliphatic rings. The number of nitrogens with two attached hydrogens (primary N) is 1. The molecule has 1 atom stereocenters. The highest BCUT2D eigenvalue weighted by molar-refractivity contribution is 6.40. The molecule has 0 spiro atoms. The van der Waals surface area contributed by atoms with E-state index in [0.29, 0.717) is 12.2 Å². The van der Waals surface area contributed by atoms with Crippen LogP contribution in [-0.4, -0.2) is 23.6 Å². The predicted octanol–water partition coefficient (Wildman–Crippen LogP) is 1.02. The second-order valence-electron chi connectivity index (χ2n) is 5.16. The number of carbonyl (C=O) groups excluding carboxylic acids is 2. The number of hydrazone groups is 1. The fourth-order valence-electron chi connectivity index (χ4n) is 2.37. The van der Waals surface area contributed by atoms with Gasteiger partial charge >= 0.3 is 0 Å². The molecule has 3 N–H and O–H groups in total. The maximum Gasteiger partial charge on any atom is 0.267 e. The molecular weight excluding hydrogens is 296 g/mol. The zero-order valence-electron chi connectivity index (χ0n) is 12.3. The first-order valence-electron chi connectivity index (χ1n) is 7.15. The summed E-state index contributed by atoms with van der Waals surface area (Å²) >= 11 is 0. The van der Waals surface area contributed by atoms with E-state index in [1.54, 1.807) is 12.3 Å². The second kappa shape index (κ2) is 6.35. The van der Waals surface area contributed by atoms with Crippen LogP contribution in [0.15, 0.2) is 58.4 Å². The Hall–Kier alpha value is -3.09. The van der Waals surface area contributed by atoms with Crippen molar-refractivity contribution in [3.05, 3.63) is 54.5 Å². The van der Waals surface area contributed by atoms with Crippen LogP contribution < -0.4 is 16.1 Å². The molecule has 0 aliphatic carbocycles. The number of primary amides is 1. The van der Waals surface area contributed by atoms with Gasteiger partial charge in [0.2, 0.25) is 5.91 Å². The third-order valence-corrected chi connectivity index (χ3v) is 3.55. The van der Waals surface area contributed by atoms with Crippen LogP contribution in [-0.2, 0) is 16.1 Å². The number of nitrogens with one attached hydrogen (secondary N) is 1. The van der Waals surface area contributed by atoms with Gasteiger partial charge in [-0.05, 0) is 18.2 Å². The molecule has 2 heterocycles. The fourth-order valence-corrected chi connectivity index (χ4v) is 2.37. The van der Waals surface area contributed by atoms with E-state index in [1.807, 2.05) is 30.3 Å². The molecule has 0 unspecified atom stereocenters. The molecule has 118 valence electrons. The Balaban J connectivity index is 1.74. The van der Waals surface area contributed by atoms with Gasteiger partial charge in [-0.2, -0.15) is 5.10 Å². The summed E-state index contributed by atoms with van der Waals surface area (Å²) in [6.07, 6.45) is 3.27. The molecule has 0 fully saturated rings. The summed E-state index contributed by atoms with van der Waals surface area (Å²) in [5.74, 6) is -0.842. The SMILES string of the molecule is NC(=O)[C@@H]1CC(C(=O)NCc2ccoc2)=NN1c1ccccc1. The maximum atomic E-state index is 12.2. The highest BCUT2D eigenvalue weighted by atomic mass is 16.3. The van der Waals surface area contributed by atoms with Crippen molar-refractivity contribution in [3.8, 4) is 0 Å². The van der Waals surface area contributed by atoms with Crippen LogP contribution in [0.1, 0.15) is 12.0 Å². The number of amides is 2. The van der Waals surface area contributed by atoms with Crippen molar-refractivity contribution >= 4 is 23.2 Å². The largest absolute Gasteiger partial charge is 0.472 e. The molecule has 7 heteroatoms. The monoisotopic (exact) mass is 312 g/mol. The first-order chi connectivity index (χ1) is 11.1. The third kappa shape index (κ3) is 3.23. The highest BCUT2D eigenvalue weighted by Crippen LogP contribution is 2.24. The van der Waals surface area contributed by atoms with E-state index in [9.17, 15) is 9.59 Å². The zero-order chi connectivity index (χ0) is 16.2. The minimum Gasteiger partial charge on any atom is -0.472 e. The molecule has 1 aliphatic heterocycles. The van der Waals surface area contributed by atoms with Gasteiger partial charge in [0.15, 0.2) is 0 Å². The number of para-hydroxylation sites is 1. The van der Waals surface area contributed by atoms with Crippen LogP contribution in [0.3, 0.4) is 0 Å². The number of anilines is 1. The van der Waals surface area contributed by atoms with E-state index in [1.165, 1.54) is 11.3 Å². The van der Waals surface area contributed by atoms with Crippen molar-refractivity contribution in [2.24, 2.45) is 10.8 Å². The summed E-state index contributed by atoms with van der Waals surface area (Å²) in [5, 5.41) is 8.52. The number of hydrogen-bond donors (Lipinski definition) is 2. The van der Waals surface area contributed by atoms with E-state index in [2.05, 4.69) is 10.4 Å². The molecule has 0 radical (unpaired) electrons. The van der Waals surface area contributed by atoms with Crippen molar-refractivity contribution in [2.45, 2.75) is 19.0 Å². The number of rotatable bonds is 5. The number of nitrogens with zero attached hydrogens (tertiary/aromatic N) is 2. The summed E-state index contributed by atoms with van der Waals surface area (Å²) in [6.45, 7) is 0.334. The standard InChI is InChI=1S/C16H16N4O3/c17-15(21)14-8-13(16(22)18-9-11-6-7-23-10-11)19-20(14)12-4-2-1-3-5-12/h1-7,10,14H,8-9H2,(H2,17,21)(H,18,22)/t14-/m0/s1. The molecule has 0 saturated heterocycles. The first kappa shape index (κ1) is 14.8. The Bertz CT molecular complexity index is 725. The summed E-state index contributed by atoms with van der Waals surface area (Å²) in [6, 6.07) is 10.3. The Morgan fingerprint density at radius 1 is 1.30 bits per heavy atom. The lowest BCUT2D eigenvalue weighted by molar-refractivity contribution is -0.119. The normalized spacial score (nSPS) is 17.0. The molecule has 2 amide bonds. The van der Waals surface area contributed by atoms with Gasteiger partial charge in [-0.1, -0.05) is 18.2 Å². The fraction of sp³-hybridized carbons (Fsp3) is 0.188. The lowest BCUT2D eigenvalue weighted by Crippen LogP contribution is -2.39. The lowest BCUT2D eigenvalue weighted by atomic mass is 10.1. The minimum atomic E-state index is -0.660. The summed E-state index contributed by atoms with van der Waals surface area (Å²) < 4.78 is 4.94. The summed E-state index contributed by atoms with van der Waals surface area (Å²) in [7, 11) is 0. The molecule has 2 aromatic rings. The van der Waals surface area contributed by atoms with E-state index < -0.39 is 11.9 Å². The van der Waals surface area contributed by atoms with Gasteiger partial charge in [-0.25, -0.2) is 0 Å². The average molecular weight is 312 g/mol. The van der Waals surface area contributed by atoms with Crippen LogP contribution in [0.5, 0.6) is 0 Å². The first-order valence-corrected chi connectivity index (χ1v) is 7.15. The maximum absolute atomic E-state index is 12.2. The molecular formula is C16H16N4O3. The van der Waals surface area contributed by atoms with Crippen molar-refractivity contribution in [1.82, 2.24) is 5.32 Å². The van der Waals surface area contributed by atoms with Crippen molar-refractivity contribution in [3.63, 3.8) is 0 Å². The van der Waals surface area contributed by atoms with Gasteiger partial charge in [0.1, 0.15) is 11.8 Å². The quantitative estimate of drug-likeness (QED) is 0.860. The number of carbonyl (C=O) groups is 2. The minimum absolute atomic E-state index is 0.182. The van der Waals surface area contributed by atoms with Crippen LogP contribution in [0, 0.1) is 0 Å². The van der Waals surface area contributed by atoms with Gasteiger partial charge < -0.3 is 15.5 Å². The topological polar surface area (TPSA) is 101 Å². The number of furan rings is 1. The number of hydrogen-bond acceptors (Lipinski definition) is 5. The average Bonchev–Trinajstić information content (AvgIpc) is 3.23. The van der Waals surface area contributed by atoms with Gasteiger partial charge in [0, 0.05) is 18.5 Å². The summed E-state index contributed by atoms with van der Waals surface area (Å²) in [5.41, 5.74) is 7.29. The molecule has 23 heavy (non-hydrogen) atoms. The molecule has 7 nitrogen and oxygen atoms in total.